The van der Waals surface area contributed by atoms with Crippen molar-refractivity contribution in [3.05, 3.63) is 34.3 Å². The highest BCUT2D eigenvalue weighted by molar-refractivity contribution is 6.31. The standard InChI is InChI=1S/C15H19ClN2O/c1-10-12(3-2-4-13(10)16)15(19)17-14-9-18-7-5-11(14)6-8-18/h2-4,11,14H,5-9H2,1H3,(H,17,19)/t14-/m1/s1. The number of nitrogens with one attached hydrogen (secondary N) is 1. The van der Waals surface area contributed by atoms with Crippen LogP contribution < -0.4 is 5.32 Å². The summed E-state index contributed by atoms with van der Waals surface area (Å²) in [5, 5.41) is 3.85. The molecule has 3 fully saturated rings. The first-order valence-electron chi connectivity index (χ1n) is 6.93. The van der Waals surface area contributed by atoms with Gasteiger partial charge in [-0.2, -0.15) is 0 Å². The third-order valence-corrected chi connectivity index (χ3v) is 4.89. The van der Waals surface area contributed by atoms with Crippen molar-refractivity contribution in [1.82, 2.24) is 10.2 Å². The minimum atomic E-state index is 0.0127. The molecule has 0 aromatic heterocycles. The van der Waals surface area contributed by atoms with E-state index in [1.165, 1.54) is 25.9 Å². The molecule has 1 amide bonds. The Labute approximate surface area is 118 Å². The van der Waals surface area contributed by atoms with Crippen LogP contribution in [0.3, 0.4) is 0 Å². The predicted molar refractivity (Wildman–Crippen MR) is 76.6 cm³/mol. The molecule has 102 valence electrons. The van der Waals surface area contributed by atoms with E-state index in [2.05, 4.69) is 10.2 Å². The van der Waals surface area contributed by atoms with E-state index < -0.39 is 0 Å². The topological polar surface area (TPSA) is 32.3 Å². The quantitative estimate of drug-likeness (QED) is 0.901. The molecule has 0 aliphatic carbocycles. The first-order valence-corrected chi connectivity index (χ1v) is 7.31. The molecule has 0 spiro atoms. The number of piperidine rings is 3. The van der Waals surface area contributed by atoms with Gasteiger partial charge in [-0.15, -0.1) is 0 Å². The van der Waals surface area contributed by atoms with Crippen molar-refractivity contribution in [1.29, 1.82) is 0 Å². The second-order valence-electron chi connectivity index (χ2n) is 5.63. The van der Waals surface area contributed by atoms with E-state index in [0.717, 1.165) is 12.1 Å². The average molecular weight is 279 g/mol. The molecule has 4 heteroatoms. The summed E-state index contributed by atoms with van der Waals surface area (Å²) >= 11 is 6.08. The van der Waals surface area contributed by atoms with Gasteiger partial charge in [0.25, 0.3) is 5.91 Å². The van der Waals surface area contributed by atoms with Gasteiger partial charge in [0.05, 0.1) is 0 Å². The normalized spacial score (nSPS) is 29.3. The number of rotatable bonds is 2. The fourth-order valence-electron chi connectivity index (χ4n) is 3.23. The van der Waals surface area contributed by atoms with Gasteiger partial charge >= 0.3 is 0 Å². The Morgan fingerprint density at radius 2 is 2.11 bits per heavy atom. The van der Waals surface area contributed by atoms with Crippen molar-refractivity contribution >= 4 is 17.5 Å². The van der Waals surface area contributed by atoms with Crippen molar-refractivity contribution in [2.24, 2.45) is 5.92 Å². The zero-order valence-corrected chi connectivity index (χ0v) is 11.9. The molecule has 3 nitrogen and oxygen atoms in total. The van der Waals surface area contributed by atoms with Gasteiger partial charge in [-0.25, -0.2) is 0 Å². The maximum atomic E-state index is 12.4. The molecular formula is C15H19ClN2O. The Morgan fingerprint density at radius 3 is 2.74 bits per heavy atom. The first kappa shape index (κ1) is 12.9. The van der Waals surface area contributed by atoms with Gasteiger partial charge in [-0.3, -0.25) is 4.79 Å². The van der Waals surface area contributed by atoms with Crippen molar-refractivity contribution in [3.8, 4) is 0 Å². The molecule has 1 atom stereocenters. The Hall–Kier alpha value is -1.06. The number of carbonyl (C=O) groups is 1. The number of nitrogens with zero attached hydrogens (tertiary/aromatic N) is 1. The van der Waals surface area contributed by atoms with Crippen LogP contribution in [0.2, 0.25) is 5.02 Å². The summed E-state index contributed by atoms with van der Waals surface area (Å²) in [6.45, 7) is 5.27. The Morgan fingerprint density at radius 1 is 1.37 bits per heavy atom. The van der Waals surface area contributed by atoms with Gasteiger partial charge in [0.15, 0.2) is 0 Å². The smallest absolute Gasteiger partial charge is 0.251 e. The third-order valence-electron chi connectivity index (χ3n) is 4.48. The van der Waals surface area contributed by atoms with Gasteiger partial charge in [0.2, 0.25) is 0 Å². The zero-order chi connectivity index (χ0) is 13.4. The van der Waals surface area contributed by atoms with Crippen LogP contribution in [-0.4, -0.2) is 36.5 Å². The molecule has 1 N–H and O–H groups in total. The van der Waals surface area contributed by atoms with Crippen LogP contribution in [0.25, 0.3) is 0 Å². The van der Waals surface area contributed by atoms with Crippen molar-refractivity contribution in [2.45, 2.75) is 25.8 Å². The van der Waals surface area contributed by atoms with Crippen LogP contribution in [0, 0.1) is 12.8 Å². The maximum absolute atomic E-state index is 12.4. The third kappa shape index (κ3) is 2.49. The molecule has 3 saturated heterocycles. The fraction of sp³-hybridized carbons (Fsp3) is 0.533. The van der Waals surface area contributed by atoms with Gasteiger partial charge < -0.3 is 10.2 Å². The summed E-state index contributed by atoms with van der Waals surface area (Å²) < 4.78 is 0. The Bertz CT molecular complexity index is 495. The molecule has 3 heterocycles. The SMILES string of the molecule is Cc1c(Cl)cccc1C(=O)N[C@@H]1CN2CCC1CC2. The summed E-state index contributed by atoms with van der Waals surface area (Å²) in [5.74, 6) is 0.659. The lowest BCUT2D eigenvalue weighted by Gasteiger charge is -2.45. The monoisotopic (exact) mass is 278 g/mol. The van der Waals surface area contributed by atoms with E-state index in [-0.39, 0.29) is 5.91 Å². The molecule has 0 saturated carbocycles. The van der Waals surface area contributed by atoms with E-state index in [0.29, 0.717) is 22.5 Å². The summed E-state index contributed by atoms with van der Waals surface area (Å²) in [6, 6.07) is 5.80. The van der Waals surface area contributed by atoms with Crippen LogP contribution in [0.1, 0.15) is 28.8 Å². The predicted octanol–water partition coefficient (Wildman–Crippen LogP) is 2.47. The average Bonchev–Trinajstić information content (AvgIpc) is 2.43. The fourth-order valence-corrected chi connectivity index (χ4v) is 3.40. The highest BCUT2D eigenvalue weighted by Gasteiger charge is 2.35. The lowest BCUT2D eigenvalue weighted by molar-refractivity contribution is 0.0620. The van der Waals surface area contributed by atoms with Crippen LogP contribution in [0.15, 0.2) is 18.2 Å². The summed E-state index contributed by atoms with van der Waals surface area (Å²) in [4.78, 5) is 14.8. The second kappa shape index (κ2) is 5.14. The number of carbonyl (C=O) groups excluding carboxylic acids is 1. The molecule has 2 bridgehead atoms. The molecule has 1 aromatic carbocycles. The Balaban J connectivity index is 1.73. The second-order valence-corrected chi connectivity index (χ2v) is 6.04. The molecule has 3 aliphatic rings. The van der Waals surface area contributed by atoms with Gasteiger partial charge in [0.1, 0.15) is 0 Å². The van der Waals surface area contributed by atoms with Crippen molar-refractivity contribution in [2.75, 3.05) is 19.6 Å². The van der Waals surface area contributed by atoms with Crippen molar-refractivity contribution in [3.63, 3.8) is 0 Å². The lowest BCUT2D eigenvalue weighted by atomic mass is 9.84. The number of fused-ring (bicyclic) bond motifs is 3. The summed E-state index contributed by atoms with van der Waals surface area (Å²) in [6.07, 6.45) is 2.42. The van der Waals surface area contributed by atoms with Crippen LogP contribution in [-0.2, 0) is 0 Å². The van der Waals surface area contributed by atoms with E-state index in [1.54, 1.807) is 0 Å². The highest BCUT2D eigenvalue weighted by Crippen LogP contribution is 2.28. The van der Waals surface area contributed by atoms with Gasteiger partial charge in [-0.1, -0.05) is 17.7 Å². The minimum absolute atomic E-state index is 0.0127. The van der Waals surface area contributed by atoms with Crippen LogP contribution in [0.5, 0.6) is 0 Å². The molecule has 19 heavy (non-hydrogen) atoms. The van der Waals surface area contributed by atoms with Crippen LogP contribution in [0.4, 0.5) is 0 Å². The van der Waals surface area contributed by atoms with E-state index in [9.17, 15) is 4.79 Å². The molecule has 3 aliphatic heterocycles. The summed E-state index contributed by atoms with van der Waals surface area (Å²) in [7, 11) is 0. The lowest BCUT2D eigenvalue weighted by Crippen LogP contribution is -2.57. The molecule has 0 radical (unpaired) electrons. The number of amides is 1. The maximum Gasteiger partial charge on any atom is 0.251 e. The number of halogens is 1. The van der Waals surface area contributed by atoms with E-state index in [4.69, 9.17) is 11.6 Å². The molecule has 4 rings (SSSR count). The van der Waals surface area contributed by atoms with E-state index in [1.807, 2.05) is 25.1 Å². The number of hydrogen-bond donors (Lipinski definition) is 1. The van der Waals surface area contributed by atoms with Crippen molar-refractivity contribution < 1.29 is 4.79 Å². The van der Waals surface area contributed by atoms with Crippen LogP contribution >= 0.6 is 11.6 Å². The largest absolute Gasteiger partial charge is 0.348 e. The highest BCUT2D eigenvalue weighted by atomic mass is 35.5. The molecule has 1 aromatic rings. The van der Waals surface area contributed by atoms with E-state index >= 15 is 0 Å². The first-order chi connectivity index (χ1) is 9.15. The Kier molecular flexibility index (Phi) is 3.50. The molecular weight excluding hydrogens is 260 g/mol. The summed E-state index contributed by atoms with van der Waals surface area (Å²) in [5.41, 5.74) is 1.56. The zero-order valence-electron chi connectivity index (χ0n) is 11.2. The molecule has 0 unspecified atom stereocenters. The number of benzene rings is 1. The number of hydrogen-bond acceptors (Lipinski definition) is 2. The van der Waals surface area contributed by atoms with Gasteiger partial charge in [0, 0.05) is 23.2 Å². The van der Waals surface area contributed by atoms with Gasteiger partial charge in [-0.05, 0) is 56.5 Å². The minimum Gasteiger partial charge on any atom is -0.348 e.